The van der Waals surface area contributed by atoms with Crippen molar-refractivity contribution in [3.63, 3.8) is 0 Å². The minimum atomic E-state index is -0.257. The summed E-state index contributed by atoms with van der Waals surface area (Å²) in [7, 11) is 1.76. The first-order valence-electron chi connectivity index (χ1n) is 14.6. The van der Waals surface area contributed by atoms with E-state index in [-0.39, 0.29) is 11.9 Å². The molecule has 41 heavy (non-hydrogen) atoms. The van der Waals surface area contributed by atoms with Gasteiger partial charge in [-0.2, -0.15) is 11.3 Å². The standard InChI is InChI=1S/C33H40N4O3S/c1-24-29-10-3-4-11-30(29)37(19-7-20-40-2)32(24)26-9-6-18-36(22-26)31(38)12-5-8-25-13-15-27(16-14-25)34-33(39)35-28-17-21-41-23-28/h3-4,10-11,13-17,21,23,26H,5-9,12,18-20,22H2,1-2H3,(H2,34,35,39). The van der Waals surface area contributed by atoms with Gasteiger partial charge in [0.2, 0.25) is 5.91 Å². The van der Waals surface area contributed by atoms with Gasteiger partial charge in [0.05, 0.1) is 5.69 Å². The highest BCUT2D eigenvalue weighted by Crippen LogP contribution is 2.36. The number of methoxy groups -OCH3 is 1. The average molecular weight is 573 g/mol. The minimum Gasteiger partial charge on any atom is -0.385 e. The summed E-state index contributed by atoms with van der Waals surface area (Å²) >= 11 is 1.54. The highest BCUT2D eigenvalue weighted by molar-refractivity contribution is 7.08. The molecule has 0 bridgehead atoms. The molecule has 7 nitrogen and oxygen atoms in total. The molecule has 1 saturated heterocycles. The van der Waals surface area contributed by atoms with Crippen LogP contribution >= 0.6 is 11.3 Å². The molecule has 8 heteroatoms. The number of thiophene rings is 1. The van der Waals surface area contributed by atoms with E-state index in [0.717, 1.165) is 75.3 Å². The molecule has 3 heterocycles. The number of ether oxygens (including phenoxy) is 1. The van der Waals surface area contributed by atoms with Crippen molar-refractivity contribution in [2.24, 2.45) is 0 Å². The van der Waals surface area contributed by atoms with Crippen LogP contribution in [0.1, 0.15) is 54.8 Å². The number of amides is 3. The molecule has 5 rings (SSSR count). The number of nitrogens with one attached hydrogen (secondary N) is 2. The van der Waals surface area contributed by atoms with Crippen molar-refractivity contribution in [2.45, 2.75) is 57.9 Å². The first-order valence-corrected chi connectivity index (χ1v) is 15.5. The Morgan fingerprint density at radius 1 is 1.02 bits per heavy atom. The number of rotatable bonds is 11. The van der Waals surface area contributed by atoms with Crippen LogP contribution in [0.4, 0.5) is 16.2 Å². The summed E-state index contributed by atoms with van der Waals surface area (Å²) in [6.45, 7) is 5.53. The largest absolute Gasteiger partial charge is 0.385 e. The molecule has 2 aromatic carbocycles. The number of anilines is 2. The Morgan fingerprint density at radius 3 is 2.61 bits per heavy atom. The van der Waals surface area contributed by atoms with Crippen LogP contribution in [0.3, 0.4) is 0 Å². The second-order valence-electron chi connectivity index (χ2n) is 10.8. The zero-order chi connectivity index (χ0) is 28.6. The Bertz CT molecular complexity index is 1450. The van der Waals surface area contributed by atoms with E-state index in [1.54, 1.807) is 7.11 Å². The van der Waals surface area contributed by atoms with E-state index in [9.17, 15) is 9.59 Å². The molecular weight excluding hydrogens is 532 g/mol. The van der Waals surface area contributed by atoms with Gasteiger partial charge in [0.1, 0.15) is 0 Å². The fourth-order valence-corrected chi connectivity index (χ4v) is 6.63. The number of hydrogen-bond acceptors (Lipinski definition) is 4. The van der Waals surface area contributed by atoms with Gasteiger partial charge in [-0.05, 0) is 79.8 Å². The van der Waals surface area contributed by atoms with Crippen LogP contribution < -0.4 is 10.6 Å². The lowest BCUT2D eigenvalue weighted by molar-refractivity contribution is -0.132. The highest BCUT2D eigenvalue weighted by atomic mass is 32.1. The van der Waals surface area contributed by atoms with Crippen molar-refractivity contribution >= 4 is 45.6 Å². The number of aryl methyl sites for hydroxylation is 3. The van der Waals surface area contributed by atoms with Crippen LogP contribution in [0.25, 0.3) is 10.9 Å². The summed E-state index contributed by atoms with van der Waals surface area (Å²) in [6.07, 6.45) is 5.29. The normalized spacial score (nSPS) is 15.3. The molecule has 0 saturated carbocycles. The lowest BCUT2D eigenvalue weighted by Crippen LogP contribution is -2.39. The first-order chi connectivity index (χ1) is 20.0. The number of para-hydroxylation sites is 1. The topological polar surface area (TPSA) is 75.6 Å². The summed E-state index contributed by atoms with van der Waals surface area (Å²) in [4.78, 5) is 27.5. The molecule has 3 amide bonds. The maximum absolute atomic E-state index is 13.3. The number of urea groups is 1. The number of hydrogen-bond donors (Lipinski definition) is 2. The Hall–Kier alpha value is -3.62. The molecule has 216 valence electrons. The highest BCUT2D eigenvalue weighted by Gasteiger charge is 2.29. The SMILES string of the molecule is COCCCn1c(C2CCCN(C(=O)CCCc3ccc(NC(=O)Nc4ccsc4)cc3)C2)c(C)c2ccccc21. The lowest BCUT2D eigenvalue weighted by Gasteiger charge is -2.34. The fourth-order valence-electron chi connectivity index (χ4n) is 6.04. The molecule has 1 aliphatic rings. The van der Waals surface area contributed by atoms with Gasteiger partial charge >= 0.3 is 6.03 Å². The van der Waals surface area contributed by atoms with Crippen LogP contribution in [-0.2, 0) is 22.5 Å². The molecule has 1 unspecified atom stereocenters. The molecule has 2 aromatic heterocycles. The van der Waals surface area contributed by atoms with Crippen LogP contribution in [0.15, 0.2) is 65.4 Å². The molecule has 4 aromatic rings. The summed E-state index contributed by atoms with van der Waals surface area (Å²) in [6, 6.07) is 18.1. The molecule has 0 radical (unpaired) electrons. The van der Waals surface area contributed by atoms with Gasteiger partial charge in [0, 0.05) is 73.4 Å². The van der Waals surface area contributed by atoms with Crippen molar-refractivity contribution in [2.75, 3.05) is 37.4 Å². The molecule has 0 aliphatic carbocycles. The smallest absolute Gasteiger partial charge is 0.323 e. The minimum absolute atomic E-state index is 0.248. The maximum Gasteiger partial charge on any atom is 0.323 e. The zero-order valence-corrected chi connectivity index (χ0v) is 24.8. The average Bonchev–Trinajstić information content (AvgIpc) is 3.60. The van der Waals surface area contributed by atoms with Gasteiger partial charge in [-0.15, -0.1) is 0 Å². The third-order valence-corrected chi connectivity index (χ3v) is 8.70. The number of fused-ring (bicyclic) bond motifs is 1. The number of likely N-dealkylation sites (tertiary alicyclic amines) is 1. The Balaban J connectivity index is 1.15. The summed E-state index contributed by atoms with van der Waals surface area (Å²) in [5.74, 6) is 0.595. The quantitative estimate of drug-likeness (QED) is 0.184. The predicted molar refractivity (Wildman–Crippen MR) is 168 cm³/mol. The Labute approximate surface area is 246 Å². The number of carbonyl (C=O) groups excluding carboxylic acids is 2. The van der Waals surface area contributed by atoms with E-state index >= 15 is 0 Å². The van der Waals surface area contributed by atoms with Crippen molar-refractivity contribution < 1.29 is 14.3 Å². The van der Waals surface area contributed by atoms with Crippen LogP contribution in [-0.4, -0.2) is 48.2 Å². The fraction of sp³-hybridized carbons (Fsp3) is 0.394. The van der Waals surface area contributed by atoms with Gasteiger partial charge in [0.15, 0.2) is 0 Å². The molecular formula is C33H40N4O3S. The first kappa shape index (κ1) is 28.9. The van der Waals surface area contributed by atoms with E-state index in [4.69, 9.17) is 4.74 Å². The summed E-state index contributed by atoms with van der Waals surface area (Å²) in [5.41, 5.74) is 6.70. The molecule has 0 spiro atoms. The van der Waals surface area contributed by atoms with E-state index in [2.05, 4.69) is 51.3 Å². The molecule has 1 atom stereocenters. The number of nitrogens with zero attached hydrogens (tertiary/aromatic N) is 2. The van der Waals surface area contributed by atoms with E-state index in [1.165, 1.54) is 33.5 Å². The second-order valence-corrected chi connectivity index (χ2v) is 11.6. The van der Waals surface area contributed by atoms with E-state index < -0.39 is 0 Å². The van der Waals surface area contributed by atoms with Gasteiger partial charge in [0.25, 0.3) is 0 Å². The van der Waals surface area contributed by atoms with Crippen molar-refractivity contribution in [3.05, 3.63) is 82.2 Å². The van der Waals surface area contributed by atoms with Crippen molar-refractivity contribution in [3.8, 4) is 0 Å². The summed E-state index contributed by atoms with van der Waals surface area (Å²) < 4.78 is 7.82. The van der Waals surface area contributed by atoms with E-state index in [1.807, 2.05) is 41.1 Å². The van der Waals surface area contributed by atoms with Crippen LogP contribution in [0, 0.1) is 6.92 Å². The van der Waals surface area contributed by atoms with Crippen LogP contribution in [0.5, 0.6) is 0 Å². The van der Waals surface area contributed by atoms with Crippen molar-refractivity contribution in [1.29, 1.82) is 0 Å². The second kappa shape index (κ2) is 13.8. The third-order valence-electron chi connectivity index (χ3n) is 8.01. The van der Waals surface area contributed by atoms with Gasteiger partial charge in [-0.3, -0.25) is 4.79 Å². The van der Waals surface area contributed by atoms with Gasteiger partial charge < -0.3 is 24.8 Å². The van der Waals surface area contributed by atoms with E-state index in [0.29, 0.717) is 12.3 Å². The van der Waals surface area contributed by atoms with Crippen molar-refractivity contribution in [1.82, 2.24) is 9.47 Å². The number of benzene rings is 2. The van der Waals surface area contributed by atoms with Gasteiger partial charge in [-0.25, -0.2) is 4.79 Å². The number of carbonyl (C=O) groups is 2. The Kier molecular flexibility index (Phi) is 9.75. The Morgan fingerprint density at radius 2 is 1.83 bits per heavy atom. The number of aromatic nitrogens is 1. The monoisotopic (exact) mass is 572 g/mol. The summed E-state index contributed by atoms with van der Waals surface area (Å²) in [5, 5.41) is 10.8. The lowest BCUT2D eigenvalue weighted by atomic mass is 9.91. The molecule has 1 fully saturated rings. The zero-order valence-electron chi connectivity index (χ0n) is 24.0. The molecule has 2 N–H and O–H groups in total. The van der Waals surface area contributed by atoms with Crippen LogP contribution in [0.2, 0.25) is 0 Å². The third kappa shape index (κ3) is 7.18. The molecule has 1 aliphatic heterocycles. The van der Waals surface area contributed by atoms with Gasteiger partial charge in [-0.1, -0.05) is 30.3 Å². The maximum atomic E-state index is 13.3. The predicted octanol–water partition coefficient (Wildman–Crippen LogP) is 7.42. The number of piperidine rings is 1.